The Morgan fingerprint density at radius 2 is 1.71 bits per heavy atom. The van der Waals surface area contributed by atoms with Crippen LogP contribution in [-0.4, -0.2) is 16.3 Å². The first-order valence-electron chi connectivity index (χ1n) is 7.33. The van der Waals surface area contributed by atoms with Crippen molar-refractivity contribution in [2.45, 2.75) is 13.8 Å². The highest BCUT2D eigenvalue weighted by Gasteiger charge is 2.11. The number of nitrogens with zero attached hydrogens (tertiary/aromatic N) is 2. The molecule has 2 aromatic carbocycles. The fourth-order valence-electron chi connectivity index (χ4n) is 2.51. The quantitative estimate of drug-likeness (QED) is 0.646. The molecule has 4 nitrogen and oxygen atoms in total. The highest BCUT2D eigenvalue weighted by Crippen LogP contribution is 2.28. The zero-order valence-corrected chi connectivity index (χ0v) is 15.0. The van der Waals surface area contributed by atoms with E-state index in [-0.39, 0.29) is 11.7 Å². The molecule has 0 saturated carbocycles. The van der Waals surface area contributed by atoms with Crippen molar-refractivity contribution in [1.29, 1.82) is 0 Å². The molecule has 0 atom stereocenters. The molecule has 0 bridgehead atoms. The maximum Gasteiger partial charge on any atom is 0.279 e. The molecule has 1 heterocycles. The second kappa shape index (κ2) is 6.34. The molecule has 0 aliphatic heterocycles. The Bertz CT molecular complexity index is 1030. The van der Waals surface area contributed by atoms with E-state index in [4.69, 9.17) is 11.6 Å². The summed E-state index contributed by atoms with van der Waals surface area (Å²) in [6.45, 7) is 3.49. The lowest BCUT2D eigenvalue weighted by molar-refractivity contribution is 0.0991. The summed E-state index contributed by atoms with van der Waals surface area (Å²) in [6, 6.07) is 10.3. The Hall–Kier alpha value is -2.24. The molecule has 3 rings (SSSR count). The van der Waals surface area contributed by atoms with Crippen molar-refractivity contribution in [3.8, 4) is 0 Å². The minimum absolute atomic E-state index is 0.0352. The van der Waals surface area contributed by atoms with Crippen LogP contribution in [0.5, 0.6) is 0 Å². The van der Waals surface area contributed by atoms with Gasteiger partial charge in [0.25, 0.3) is 5.91 Å². The molecule has 0 saturated heterocycles. The minimum Gasteiger partial charge on any atom is -0.319 e. The fourth-order valence-corrected chi connectivity index (χ4v) is 3.88. The number of aromatic nitrogens is 1. The van der Waals surface area contributed by atoms with E-state index in [0.29, 0.717) is 21.0 Å². The first kappa shape index (κ1) is 16.6. The van der Waals surface area contributed by atoms with E-state index in [2.05, 4.69) is 4.99 Å². The number of hydrogen-bond acceptors (Lipinski definition) is 3. The van der Waals surface area contributed by atoms with Crippen LogP contribution in [0.2, 0.25) is 5.02 Å². The zero-order valence-electron chi connectivity index (χ0n) is 13.5. The molecule has 0 aliphatic rings. The van der Waals surface area contributed by atoms with Gasteiger partial charge >= 0.3 is 0 Å². The number of fused-ring (bicyclic) bond motifs is 1. The minimum atomic E-state index is -0.346. The summed E-state index contributed by atoms with van der Waals surface area (Å²) in [5.41, 5.74) is 3.07. The van der Waals surface area contributed by atoms with E-state index < -0.39 is 0 Å². The number of carbonyl (C=O) groups excluding carboxylic acids is 2. The lowest BCUT2D eigenvalue weighted by Gasteiger charge is -2.01. The van der Waals surface area contributed by atoms with Gasteiger partial charge in [-0.25, -0.2) is 0 Å². The van der Waals surface area contributed by atoms with Gasteiger partial charge in [0.2, 0.25) is 0 Å². The van der Waals surface area contributed by atoms with Crippen molar-refractivity contribution < 1.29 is 9.59 Å². The molecule has 0 spiro atoms. The molecule has 1 aromatic heterocycles. The molecule has 3 aromatic rings. The van der Waals surface area contributed by atoms with E-state index in [1.807, 2.05) is 30.7 Å². The van der Waals surface area contributed by atoms with Gasteiger partial charge in [-0.15, -0.1) is 0 Å². The van der Waals surface area contributed by atoms with Crippen LogP contribution in [0.3, 0.4) is 0 Å². The largest absolute Gasteiger partial charge is 0.319 e. The van der Waals surface area contributed by atoms with Gasteiger partial charge in [0.15, 0.2) is 10.6 Å². The summed E-state index contributed by atoms with van der Waals surface area (Å²) < 4.78 is 2.79. The summed E-state index contributed by atoms with van der Waals surface area (Å²) in [4.78, 5) is 28.5. The van der Waals surface area contributed by atoms with E-state index in [9.17, 15) is 9.59 Å². The first-order chi connectivity index (χ1) is 11.4. The third-order valence-corrected chi connectivity index (χ3v) is 5.43. The Morgan fingerprint density at radius 1 is 1.08 bits per heavy atom. The van der Waals surface area contributed by atoms with E-state index in [0.717, 1.165) is 15.8 Å². The predicted octanol–water partition coefficient (Wildman–Crippen LogP) is 4.15. The highest BCUT2D eigenvalue weighted by atomic mass is 35.5. The van der Waals surface area contributed by atoms with E-state index in [1.54, 1.807) is 24.3 Å². The number of halogens is 1. The number of carbonyl (C=O) groups is 2. The topological polar surface area (TPSA) is 51.4 Å². The lowest BCUT2D eigenvalue weighted by atomic mass is 10.1. The van der Waals surface area contributed by atoms with Gasteiger partial charge in [-0.3, -0.25) is 9.59 Å². The molecule has 0 radical (unpaired) electrons. The maximum atomic E-state index is 12.4. The molecular formula is C18H15ClN2O2S. The lowest BCUT2D eigenvalue weighted by Crippen LogP contribution is -2.13. The standard InChI is InChI=1S/C18H15ClN2O2S/c1-10-4-9-14(19)16-15(10)21(3)18(24-16)20-17(23)13-7-5-12(6-8-13)11(2)22/h4-9H,1-3H3. The summed E-state index contributed by atoms with van der Waals surface area (Å²) in [5, 5.41) is 0.649. The summed E-state index contributed by atoms with van der Waals surface area (Å²) in [7, 11) is 1.87. The number of ketones is 1. The highest BCUT2D eigenvalue weighted by molar-refractivity contribution is 7.17. The van der Waals surface area contributed by atoms with E-state index >= 15 is 0 Å². The van der Waals surface area contributed by atoms with Crippen LogP contribution in [0.25, 0.3) is 10.2 Å². The molecule has 0 aliphatic carbocycles. The molecule has 24 heavy (non-hydrogen) atoms. The third-order valence-electron chi connectivity index (χ3n) is 3.84. The number of amides is 1. The van der Waals surface area contributed by atoms with Crippen LogP contribution in [0.1, 0.15) is 33.2 Å². The third kappa shape index (κ3) is 2.92. The average molecular weight is 359 g/mol. The summed E-state index contributed by atoms with van der Waals surface area (Å²) in [5.74, 6) is -0.381. The van der Waals surface area contributed by atoms with Crippen LogP contribution in [0.15, 0.2) is 41.4 Å². The molecule has 1 amide bonds. The number of benzene rings is 2. The number of rotatable bonds is 2. The second-order valence-corrected chi connectivity index (χ2v) is 6.92. The van der Waals surface area contributed by atoms with Crippen molar-refractivity contribution in [3.05, 3.63) is 62.9 Å². The molecule has 122 valence electrons. The van der Waals surface area contributed by atoms with Gasteiger partial charge < -0.3 is 4.57 Å². The van der Waals surface area contributed by atoms with Crippen molar-refractivity contribution in [2.75, 3.05) is 0 Å². The number of aryl methyl sites for hydroxylation is 2. The molecule has 6 heteroatoms. The SMILES string of the molecule is CC(=O)c1ccc(C(=O)N=c2sc3c(Cl)ccc(C)c3n2C)cc1. The fraction of sp³-hybridized carbons (Fsp3) is 0.167. The normalized spacial score (nSPS) is 11.9. The number of thiazole rings is 1. The van der Waals surface area contributed by atoms with Gasteiger partial charge in [-0.05, 0) is 37.6 Å². The summed E-state index contributed by atoms with van der Waals surface area (Å²) >= 11 is 7.64. The van der Waals surface area contributed by atoms with Gasteiger partial charge in [-0.2, -0.15) is 4.99 Å². The maximum absolute atomic E-state index is 12.4. The van der Waals surface area contributed by atoms with Crippen molar-refractivity contribution in [3.63, 3.8) is 0 Å². The smallest absolute Gasteiger partial charge is 0.279 e. The van der Waals surface area contributed by atoms with Crippen molar-refractivity contribution >= 4 is 44.8 Å². The predicted molar refractivity (Wildman–Crippen MR) is 96.9 cm³/mol. The van der Waals surface area contributed by atoms with Crippen molar-refractivity contribution in [2.24, 2.45) is 12.0 Å². The monoisotopic (exact) mass is 358 g/mol. The first-order valence-corrected chi connectivity index (χ1v) is 8.52. The Kier molecular flexibility index (Phi) is 4.39. The van der Waals surface area contributed by atoms with Crippen LogP contribution in [-0.2, 0) is 7.05 Å². The van der Waals surface area contributed by atoms with Gasteiger partial charge in [0, 0.05) is 18.2 Å². The van der Waals surface area contributed by atoms with Crippen molar-refractivity contribution in [1.82, 2.24) is 4.57 Å². The van der Waals surface area contributed by atoms with Crippen LogP contribution in [0, 0.1) is 6.92 Å². The molecule has 0 N–H and O–H groups in total. The Morgan fingerprint density at radius 3 is 2.29 bits per heavy atom. The van der Waals surface area contributed by atoms with Gasteiger partial charge in [-0.1, -0.05) is 41.1 Å². The molecule has 0 unspecified atom stereocenters. The van der Waals surface area contributed by atoms with Gasteiger partial charge in [0.05, 0.1) is 15.2 Å². The molecule has 0 fully saturated rings. The molecular weight excluding hydrogens is 344 g/mol. The van der Waals surface area contributed by atoms with Gasteiger partial charge in [0.1, 0.15) is 0 Å². The van der Waals surface area contributed by atoms with Crippen LogP contribution in [0.4, 0.5) is 0 Å². The second-order valence-electron chi connectivity index (χ2n) is 5.54. The average Bonchev–Trinajstić information content (AvgIpc) is 2.89. The number of Topliss-reactive ketones (excluding diaryl/α,β-unsaturated/α-hetero) is 1. The summed E-state index contributed by atoms with van der Waals surface area (Å²) in [6.07, 6.45) is 0. The Labute approximate surface area is 148 Å². The Balaban J connectivity index is 2.08. The van der Waals surface area contributed by atoms with Crippen LogP contribution < -0.4 is 4.80 Å². The van der Waals surface area contributed by atoms with E-state index in [1.165, 1.54) is 18.3 Å². The van der Waals surface area contributed by atoms with Crippen LogP contribution >= 0.6 is 22.9 Å². The number of hydrogen-bond donors (Lipinski definition) is 0. The zero-order chi connectivity index (χ0) is 17.4.